The number of nitrogens with one attached hydrogen (secondary N) is 3. The van der Waals surface area contributed by atoms with Crippen molar-refractivity contribution in [3.63, 3.8) is 0 Å². The third-order valence-electron chi connectivity index (χ3n) is 4.97. The first kappa shape index (κ1) is 22.1. The van der Waals surface area contributed by atoms with Gasteiger partial charge in [0.2, 0.25) is 0 Å². The zero-order chi connectivity index (χ0) is 22.2. The number of aromatic nitrogens is 2. The first-order valence-corrected chi connectivity index (χ1v) is 10.7. The molecule has 31 heavy (non-hydrogen) atoms. The van der Waals surface area contributed by atoms with Crippen molar-refractivity contribution in [1.29, 1.82) is 0 Å². The number of nitrogens with zero attached hydrogens (tertiary/aromatic N) is 3. The van der Waals surface area contributed by atoms with Crippen molar-refractivity contribution in [3.8, 4) is 0 Å². The van der Waals surface area contributed by atoms with E-state index in [-0.39, 0.29) is 6.03 Å². The van der Waals surface area contributed by atoms with Gasteiger partial charge in [-0.3, -0.25) is 0 Å². The van der Waals surface area contributed by atoms with Gasteiger partial charge in [0.15, 0.2) is 0 Å². The van der Waals surface area contributed by atoms with Crippen molar-refractivity contribution in [3.05, 3.63) is 66.0 Å². The molecule has 0 saturated heterocycles. The van der Waals surface area contributed by atoms with Crippen molar-refractivity contribution in [2.45, 2.75) is 34.1 Å². The monoisotopic (exact) mass is 418 g/mol. The smallest absolute Gasteiger partial charge is 0.323 e. The third-order valence-corrected chi connectivity index (χ3v) is 4.97. The van der Waals surface area contributed by atoms with E-state index >= 15 is 0 Å². The van der Waals surface area contributed by atoms with Crippen LogP contribution in [0.5, 0.6) is 0 Å². The maximum Gasteiger partial charge on any atom is 0.323 e. The van der Waals surface area contributed by atoms with E-state index in [4.69, 9.17) is 0 Å². The summed E-state index contributed by atoms with van der Waals surface area (Å²) in [5, 5.41) is 9.10. The summed E-state index contributed by atoms with van der Waals surface area (Å²) in [6, 6.07) is 17.0. The highest BCUT2D eigenvalue weighted by atomic mass is 16.2. The minimum absolute atomic E-state index is 0.267. The van der Waals surface area contributed by atoms with Gasteiger partial charge in [-0.1, -0.05) is 25.1 Å². The molecule has 0 aliphatic rings. The molecule has 162 valence electrons. The van der Waals surface area contributed by atoms with Crippen LogP contribution in [0.3, 0.4) is 0 Å². The van der Waals surface area contributed by atoms with Gasteiger partial charge in [-0.2, -0.15) is 0 Å². The highest BCUT2D eigenvalue weighted by molar-refractivity contribution is 6.00. The number of aryl methyl sites for hydroxylation is 2. The molecule has 1 heterocycles. The SMILES string of the molecule is CCc1ccccc1NC(=O)Nc1ccc(Nc2cc(N(CC)CC)nc(C)n2)cc1. The molecule has 0 aliphatic carbocycles. The largest absolute Gasteiger partial charge is 0.357 e. The Labute approximate surface area is 183 Å². The van der Waals surface area contributed by atoms with E-state index in [0.717, 1.165) is 48.1 Å². The summed E-state index contributed by atoms with van der Waals surface area (Å²) in [5.41, 5.74) is 3.51. The summed E-state index contributed by atoms with van der Waals surface area (Å²) in [6.45, 7) is 9.94. The molecule has 2 aromatic carbocycles. The molecule has 0 aliphatic heterocycles. The average molecular weight is 419 g/mol. The maximum absolute atomic E-state index is 12.4. The lowest BCUT2D eigenvalue weighted by atomic mass is 10.1. The summed E-state index contributed by atoms with van der Waals surface area (Å²) < 4.78 is 0. The molecule has 2 amide bonds. The fourth-order valence-corrected chi connectivity index (χ4v) is 3.35. The predicted octanol–water partition coefficient (Wildman–Crippen LogP) is 5.58. The van der Waals surface area contributed by atoms with Gasteiger partial charge < -0.3 is 20.9 Å². The highest BCUT2D eigenvalue weighted by Crippen LogP contribution is 2.22. The molecule has 0 spiro atoms. The van der Waals surface area contributed by atoms with Crippen LogP contribution in [0.1, 0.15) is 32.2 Å². The van der Waals surface area contributed by atoms with Crippen molar-refractivity contribution in [2.75, 3.05) is 33.9 Å². The Morgan fingerprint density at radius 3 is 2.26 bits per heavy atom. The van der Waals surface area contributed by atoms with E-state index in [1.54, 1.807) is 0 Å². The average Bonchev–Trinajstić information content (AvgIpc) is 2.76. The summed E-state index contributed by atoms with van der Waals surface area (Å²) in [5.74, 6) is 2.36. The number of rotatable bonds is 8. The number of anilines is 5. The molecular weight excluding hydrogens is 388 g/mol. The number of para-hydroxylation sites is 1. The molecule has 0 atom stereocenters. The molecule has 0 radical (unpaired) electrons. The fraction of sp³-hybridized carbons (Fsp3) is 0.292. The van der Waals surface area contributed by atoms with Crippen LogP contribution in [0, 0.1) is 6.92 Å². The topological polar surface area (TPSA) is 82.2 Å². The van der Waals surface area contributed by atoms with Crippen LogP contribution in [-0.2, 0) is 6.42 Å². The molecule has 0 bridgehead atoms. The zero-order valence-electron chi connectivity index (χ0n) is 18.6. The van der Waals surface area contributed by atoms with Crippen LogP contribution in [0.25, 0.3) is 0 Å². The Balaban J connectivity index is 1.65. The first-order valence-electron chi connectivity index (χ1n) is 10.7. The summed E-state index contributed by atoms with van der Waals surface area (Å²) in [6.07, 6.45) is 0.856. The number of urea groups is 1. The molecule has 3 N–H and O–H groups in total. The highest BCUT2D eigenvalue weighted by Gasteiger charge is 2.09. The lowest BCUT2D eigenvalue weighted by molar-refractivity contribution is 0.262. The molecule has 0 saturated carbocycles. The minimum Gasteiger partial charge on any atom is -0.357 e. The van der Waals surface area contributed by atoms with Gasteiger partial charge in [0.25, 0.3) is 0 Å². The van der Waals surface area contributed by atoms with Crippen molar-refractivity contribution < 1.29 is 4.79 Å². The van der Waals surface area contributed by atoms with Crippen molar-refractivity contribution in [2.24, 2.45) is 0 Å². The molecule has 1 aromatic heterocycles. The lowest BCUT2D eigenvalue weighted by Crippen LogP contribution is -2.23. The predicted molar refractivity (Wildman–Crippen MR) is 129 cm³/mol. The van der Waals surface area contributed by atoms with Crippen molar-refractivity contribution >= 4 is 34.7 Å². The number of hydrogen-bond donors (Lipinski definition) is 3. The van der Waals surface area contributed by atoms with E-state index < -0.39 is 0 Å². The minimum atomic E-state index is -0.267. The van der Waals surface area contributed by atoms with Gasteiger partial charge in [0.05, 0.1) is 0 Å². The Morgan fingerprint density at radius 1 is 0.903 bits per heavy atom. The van der Waals surface area contributed by atoms with E-state index in [1.807, 2.05) is 61.5 Å². The zero-order valence-corrected chi connectivity index (χ0v) is 18.6. The fourth-order valence-electron chi connectivity index (χ4n) is 3.35. The van der Waals surface area contributed by atoms with Crippen LogP contribution in [0.4, 0.5) is 33.5 Å². The van der Waals surface area contributed by atoms with E-state index in [0.29, 0.717) is 11.5 Å². The number of carbonyl (C=O) groups excluding carboxylic acids is 1. The normalized spacial score (nSPS) is 10.5. The van der Waals surface area contributed by atoms with Crippen LogP contribution >= 0.6 is 0 Å². The van der Waals surface area contributed by atoms with E-state index in [1.165, 1.54) is 0 Å². The van der Waals surface area contributed by atoms with Gasteiger partial charge >= 0.3 is 6.03 Å². The molecule has 3 aromatic rings. The van der Waals surface area contributed by atoms with E-state index in [9.17, 15) is 4.79 Å². The molecule has 7 heteroatoms. The van der Waals surface area contributed by atoms with Crippen LogP contribution < -0.4 is 20.9 Å². The second kappa shape index (κ2) is 10.4. The second-order valence-corrected chi connectivity index (χ2v) is 7.12. The first-order chi connectivity index (χ1) is 15.0. The van der Waals surface area contributed by atoms with E-state index in [2.05, 4.69) is 51.6 Å². The van der Waals surface area contributed by atoms with Crippen LogP contribution in [0.15, 0.2) is 54.6 Å². The van der Waals surface area contributed by atoms with Gasteiger partial charge in [-0.25, -0.2) is 14.8 Å². The molecular formula is C24H30N6O. The molecule has 7 nitrogen and oxygen atoms in total. The van der Waals surface area contributed by atoms with Crippen LogP contribution in [0.2, 0.25) is 0 Å². The van der Waals surface area contributed by atoms with Crippen LogP contribution in [-0.4, -0.2) is 29.1 Å². The molecule has 0 fully saturated rings. The Bertz CT molecular complexity index is 1010. The van der Waals surface area contributed by atoms with Crippen molar-refractivity contribution in [1.82, 2.24) is 9.97 Å². The lowest BCUT2D eigenvalue weighted by Gasteiger charge is -2.20. The number of hydrogen-bond acceptors (Lipinski definition) is 5. The number of amides is 2. The standard InChI is InChI=1S/C24H30N6O/c1-5-18-10-8-9-11-21(18)29-24(31)28-20-14-12-19(13-15-20)27-22-16-23(26-17(4)25-22)30(6-2)7-3/h8-16H,5-7H2,1-4H3,(H,25,26,27)(H2,28,29,31). The summed E-state index contributed by atoms with van der Waals surface area (Å²) in [7, 11) is 0. The quantitative estimate of drug-likeness (QED) is 0.445. The Hall–Kier alpha value is -3.61. The number of carbonyl (C=O) groups is 1. The molecule has 3 rings (SSSR count). The molecule has 0 unspecified atom stereocenters. The maximum atomic E-state index is 12.4. The Morgan fingerprint density at radius 2 is 1.58 bits per heavy atom. The second-order valence-electron chi connectivity index (χ2n) is 7.12. The summed E-state index contributed by atoms with van der Waals surface area (Å²) >= 11 is 0. The van der Waals surface area contributed by atoms with Gasteiger partial charge in [0, 0.05) is 36.2 Å². The summed E-state index contributed by atoms with van der Waals surface area (Å²) in [4.78, 5) is 23.6. The van der Waals surface area contributed by atoms with Gasteiger partial charge in [0.1, 0.15) is 17.5 Å². The van der Waals surface area contributed by atoms with Gasteiger partial charge in [-0.15, -0.1) is 0 Å². The Kier molecular flexibility index (Phi) is 7.43. The third kappa shape index (κ3) is 5.94. The van der Waals surface area contributed by atoms with Gasteiger partial charge in [-0.05, 0) is 63.1 Å². The number of benzene rings is 2.